The minimum Gasteiger partial charge on any atom is -0.478 e. The summed E-state index contributed by atoms with van der Waals surface area (Å²) in [5, 5.41) is 9.52. The van der Waals surface area contributed by atoms with Crippen molar-refractivity contribution < 1.29 is 14.3 Å². The van der Waals surface area contributed by atoms with E-state index in [0.717, 1.165) is 11.1 Å². The molecule has 0 aliphatic carbocycles. The highest BCUT2D eigenvalue weighted by Crippen LogP contribution is 2.27. The van der Waals surface area contributed by atoms with Gasteiger partial charge in [0.05, 0.1) is 17.9 Å². The fourth-order valence-electron chi connectivity index (χ4n) is 3.92. The second-order valence-corrected chi connectivity index (χ2v) is 8.96. The van der Waals surface area contributed by atoms with Gasteiger partial charge in [0.15, 0.2) is 16.7 Å². The molecule has 5 rings (SSSR count). The highest BCUT2D eigenvalue weighted by atomic mass is 32.2. The van der Waals surface area contributed by atoms with Crippen LogP contribution in [0.4, 0.5) is 0 Å². The van der Waals surface area contributed by atoms with Crippen molar-refractivity contribution in [3.63, 3.8) is 0 Å². The largest absolute Gasteiger partial charge is 0.478 e. The Kier molecular flexibility index (Phi) is 5.77. The van der Waals surface area contributed by atoms with Crippen LogP contribution in [0.2, 0.25) is 0 Å². The van der Waals surface area contributed by atoms with Crippen LogP contribution in [0.25, 0.3) is 22.3 Å². The van der Waals surface area contributed by atoms with Gasteiger partial charge in [-0.15, -0.1) is 0 Å². The Labute approximate surface area is 202 Å². The number of aromatic nitrogens is 5. The van der Waals surface area contributed by atoms with Gasteiger partial charge < -0.3 is 14.1 Å². The van der Waals surface area contributed by atoms with E-state index in [4.69, 9.17) is 9.52 Å². The summed E-state index contributed by atoms with van der Waals surface area (Å²) in [5.41, 5.74) is 2.71. The van der Waals surface area contributed by atoms with E-state index < -0.39 is 17.2 Å². The number of oxazole rings is 1. The lowest BCUT2D eigenvalue weighted by atomic mass is 10.1. The molecular formula is C24H21N5O5S. The first kappa shape index (κ1) is 22.7. The summed E-state index contributed by atoms with van der Waals surface area (Å²) in [7, 11) is 0. The number of imidazole rings is 1. The summed E-state index contributed by atoms with van der Waals surface area (Å²) in [4.78, 5) is 48.0. The number of hydrogen-bond donors (Lipinski definition) is 2. The van der Waals surface area contributed by atoms with Crippen LogP contribution in [-0.2, 0) is 18.8 Å². The number of aromatic amines is 1. The zero-order valence-corrected chi connectivity index (χ0v) is 19.8. The lowest BCUT2D eigenvalue weighted by Gasteiger charge is -2.07. The number of fused-ring (bicyclic) bond motifs is 2. The van der Waals surface area contributed by atoms with Crippen LogP contribution in [-0.4, -0.2) is 35.2 Å². The van der Waals surface area contributed by atoms with Crippen molar-refractivity contribution in [3.8, 4) is 0 Å². The first-order valence-corrected chi connectivity index (χ1v) is 11.9. The number of benzene rings is 2. The van der Waals surface area contributed by atoms with Gasteiger partial charge in [0, 0.05) is 6.54 Å². The maximum Gasteiger partial charge on any atom is 0.335 e. The van der Waals surface area contributed by atoms with Crippen molar-refractivity contribution >= 4 is 40.0 Å². The zero-order chi connectivity index (χ0) is 24.7. The molecule has 0 saturated carbocycles. The summed E-state index contributed by atoms with van der Waals surface area (Å²) in [6, 6.07) is 12.3. The predicted octanol–water partition coefficient (Wildman–Crippen LogP) is 3.39. The van der Waals surface area contributed by atoms with Gasteiger partial charge in [-0.2, -0.15) is 0 Å². The smallest absolute Gasteiger partial charge is 0.335 e. The average molecular weight is 492 g/mol. The Morgan fingerprint density at radius 3 is 2.60 bits per heavy atom. The molecule has 0 radical (unpaired) electrons. The van der Waals surface area contributed by atoms with E-state index in [1.165, 1.54) is 28.5 Å². The lowest BCUT2D eigenvalue weighted by Crippen LogP contribution is -2.31. The number of carboxylic acid groups (broad SMARTS) is 1. The third kappa shape index (κ3) is 4.26. The van der Waals surface area contributed by atoms with E-state index >= 15 is 0 Å². The molecule has 178 valence electrons. The van der Waals surface area contributed by atoms with Crippen LogP contribution in [0, 0.1) is 6.92 Å². The summed E-state index contributed by atoms with van der Waals surface area (Å²) < 4.78 is 8.95. The normalized spacial score (nSPS) is 11.5. The molecule has 2 N–H and O–H groups in total. The van der Waals surface area contributed by atoms with E-state index in [1.807, 2.05) is 38.1 Å². The SMILES string of the molecule is CCn1c(CSc2nc3ccc(C(=O)O)cc3o2)nc2c1c(=O)[nH]c(=O)n2Cc1ccc(C)cc1. The Bertz CT molecular complexity index is 1690. The minimum atomic E-state index is -1.05. The maximum absolute atomic E-state index is 12.7. The van der Waals surface area contributed by atoms with E-state index in [2.05, 4.69) is 15.0 Å². The van der Waals surface area contributed by atoms with E-state index in [0.29, 0.717) is 45.6 Å². The molecule has 0 aliphatic heterocycles. The summed E-state index contributed by atoms with van der Waals surface area (Å²) in [6.07, 6.45) is 0. The number of nitrogens with zero attached hydrogens (tertiary/aromatic N) is 4. The second-order valence-electron chi connectivity index (χ2n) is 8.03. The summed E-state index contributed by atoms with van der Waals surface area (Å²) >= 11 is 1.27. The van der Waals surface area contributed by atoms with Gasteiger partial charge >= 0.3 is 11.7 Å². The minimum absolute atomic E-state index is 0.115. The Hall–Kier alpha value is -4.12. The number of rotatable bonds is 7. The molecular weight excluding hydrogens is 470 g/mol. The van der Waals surface area contributed by atoms with Crippen molar-refractivity contribution in [2.45, 2.75) is 37.9 Å². The molecule has 0 fully saturated rings. The van der Waals surface area contributed by atoms with Gasteiger partial charge in [0.1, 0.15) is 11.3 Å². The van der Waals surface area contributed by atoms with Crippen molar-refractivity contribution in [2.24, 2.45) is 0 Å². The van der Waals surface area contributed by atoms with E-state index in [1.54, 1.807) is 10.6 Å². The number of thioether (sulfide) groups is 1. The number of aromatic carboxylic acids is 1. The third-order valence-electron chi connectivity index (χ3n) is 5.68. The van der Waals surface area contributed by atoms with Gasteiger partial charge in [-0.05, 0) is 37.6 Å². The predicted molar refractivity (Wildman–Crippen MR) is 131 cm³/mol. The molecule has 11 heteroatoms. The molecule has 0 atom stereocenters. The number of hydrogen-bond acceptors (Lipinski definition) is 7. The molecule has 0 amide bonds. The summed E-state index contributed by atoms with van der Waals surface area (Å²) in [5.74, 6) is -0.120. The molecule has 3 heterocycles. The second kappa shape index (κ2) is 8.91. The highest BCUT2D eigenvalue weighted by molar-refractivity contribution is 7.98. The number of carbonyl (C=O) groups is 1. The molecule has 0 saturated heterocycles. The first-order valence-electron chi connectivity index (χ1n) is 10.9. The third-order valence-corrected chi connectivity index (χ3v) is 6.51. The number of nitrogens with one attached hydrogen (secondary N) is 1. The number of H-pyrrole nitrogens is 1. The van der Waals surface area contributed by atoms with E-state index in [-0.39, 0.29) is 12.1 Å². The topological polar surface area (TPSA) is 136 Å². The molecule has 3 aromatic heterocycles. The van der Waals surface area contributed by atoms with Crippen molar-refractivity contribution in [1.29, 1.82) is 0 Å². The zero-order valence-electron chi connectivity index (χ0n) is 18.9. The quantitative estimate of drug-likeness (QED) is 0.331. The van der Waals surface area contributed by atoms with Crippen LogP contribution in [0.1, 0.15) is 34.2 Å². The fourth-order valence-corrected chi connectivity index (χ4v) is 4.70. The molecule has 2 aromatic carbocycles. The lowest BCUT2D eigenvalue weighted by molar-refractivity contribution is 0.0697. The Balaban J connectivity index is 1.50. The van der Waals surface area contributed by atoms with Gasteiger partial charge in [-0.25, -0.2) is 19.6 Å². The van der Waals surface area contributed by atoms with E-state index in [9.17, 15) is 14.4 Å². The van der Waals surface area contributed by atoms with Crippen LogP contribution >= 0.6 is 11.8 Å². The monoisotopic (exact) mass is 491 g/mol. The molecule has 0 unspecified atom stereocenters. The van der Waals surface area contributed by atoms with Gasteiger partial charge in [0.2, 0.25) is 0 Å². The first-order chi connectivity index (χ1) is 16.8. The molecule has 10 nitrogen and oxygen atoms in total. The molecule has 35 heavy (non-hydrogen) atoms. The van der Waals surface area contributed by atoms with Crippen LogP contribution in [0.3, 0.4) is 0 Å². The average Bonchev–Trinajstić information content (AvgIpc) is 3.42. The fraction of sp³-hybridized carbons (Fsp3) is 0.208. The molecule has 5 aromatic rings. The maximum atomic E-state index is 12.7. The standard InChI is InChI=1S/C24H21N5O5S/c1-3-28-18(12-35-24-25-16-9-8-15(22(31)32)10-17(16)34-24)26-20-19(28)21(30)27-23(33)29(20)11-14-6-4-13(2)5-7-14/h4-10H,3,11-12H2,1-2H3,(H,31,32)(H,27,30,33). The molecule has 0 spiro atoms. The van der Waals surface area contributed by atoms with Crippen LogP contribution in [0.5, 0.6) is 0 Å². The summed E-state index contributed by atoms with van der Waals surface area (Å²) in [6.45, 7) is 4.64. The van der Waals surface area contributed by atoms with Gasteiger partial charge in [-0.3, -0.25) is 14.3 Å². The van der Waals surface area contributed by atoms with Crippen LogP contribution in [0.15, 0.2) is 61.7 Å². The van der Waals surface area contributed by atoms with Crippen molar-refractivity contribution in [3.05, 3.63) is 85.8 Å². The van der Waals surface area contributed by atoms with Crippen molar-refractivity contribution in [2.75, 3.05) is 0 Å². The van der Waals surface area contributed by atoms with Gasteiger partial charge in [0.25, 0.3) is 10.8 Å². The van der Waals surface area contributed by atoms with Gasteiger partial charge in [-0.1, -0.05) is 41.6 Å². The Morgan fingerprint density at radius 1 is 1.11 bits per heavy atom. The Morgan fingerprint density at radius 2 is 1.89 bits per heavy atom. The number of carboxylic acids is 1. The van der Waals surface area contributed by atoms with Crippen molar-refractivity contribution in [1.82, 2.24) is 24.1 Å². The molecule has 0 bridgehead atoms. The highest BCUT2D eigenvalue weighted by Gasteiger charge is 2.19. The number of aryl methyl sites for hydroxylation is 2. The van der Waals surface area contributed by atoms with Crippen LogP contribution < -0.4 is 11.2 Å². The molecule has 0 aliphatic rings.